The Morgan fingerprint density at radius 3 is 2.50 bits per heavy atom. The van der Waals surface area contributed by atoms with Crippen LogP contribution in [0.5, 0.6) is 0 Å². The van der Waals surface area contributed by atoms with Crippen LogP contribution < -0.4 is 4.90 Å². The Kier molecular flexibility index (Phi) is 5.22. The van der Waals surface area contributed by atoms with Crippen molar-refractivity contribution in [2.75, 3.05) is 4.90 Å². The molecule has 3 nitrogen and oxygen atoms in total. The third-order valence-electron chi connectivity index (χ3n) is 4.84. The smallest absolute Gasteiger partial charge is 0.233 e. The molecule has 0 saturated heterocycles. The number of aryl methyl sites for hydroxylation is 2. The van der Waals surface area contributed by atoms with Gasteiger partial charge in [-0.15, -0.1) is 0 Å². The van der Waals surface area contributed by atoms with Gasteiger partial charge in [0, 0.05) is 0 Å². The Hall–Kier alpha value is -2.98. The molecule has 1 aromatic heterocycles. The zero-order valence-corrected chi connectivity index (χ0v) is 16.9. The maximum Gasteiger partial charge on any atom is 0.233 e. The Morgan fingerprint density at radius 2 is 1.71 bits per heavy atom. The van der Waals surface area contributed by atoms with Crippen molar-refractivity contribution in [2.24, 2.45) is 0 Å². The quantitative estimate of drug-likeness (QED) is 0.441. The number of carbonyl (C=O) groups excluding carboxylic acids is 1. The van der Waals surface area contributed by atoms with Crippen LogP contribution in [0.15, 0.2) is 72.8 Å². The third kappa shape index (κ3) is 3.97. The highest BCUT2D eigenvalue weighted by Gasteiger charge is 2.21. The highest BCUT2D eigenvalue weighted by Crippen LogP contribution is 2.30. The van der Waals surface area contributed by atoms with E-state index in [4.69, 9.17) is 4.98 Å². The Labute approximate surface area is 169 Å². The molecule has 0 aliphatic heterocycles. The summed E-state index contributed by atoms with van der Waals surface area (Å²) >= 11 is 1.56. The SMILES string of the molecule is Cc1ccc(C)c(CC(=O)N(Cc2ccccc2)c2nc3ccccc3s2)c1. The molecular weight excluding hydrogens is 364 g/mol. The lowest BCUT2D eigenvalue weighted by Gasteiger charge is -2.21. The number of fused-ring (bicyclic) bond motifs is 1. The van der Waals surface area contributed by atoms with Gasteiger partial charge < -0.3 is 0 Å². The van der Waals surface area contributed by atoms with Crippen molar-refractivity contribution in [3.8, 4) is 0 Å². The maximum absolute atomic E-state index is 13.4. The highest BCUT2D eigenvalue weighted by molar-refractivity contribution is 7.22. The first-order chi connectivity index (χ1) is 13.6. The fourth-order valence-electron chi connectivity index (χ4n) is 3.25. The van der Waals surface area contributed by atoms with E-state index in [1.54, 1.807) is 11.3 Å². The molecule has 0 aliphatic carbocycles. The van der Waals surface area contributed by atoms with Gasteiger partial charge in [-0.25, -0.2) is 4.98 Å². The second kappa shape index (κ2) is 7.95. The summed E-state index contributed by atoms with van der Waals surface area (Å²) in [5, 5.41) is 0.750. The van der Waals surface area contributed by atoms with Crippen molar-refractivity contribution < 1.29 is 4.79 Å². The van der Waals surface area contributed by atoms with E-state index in [9.17, 15) is 4.79 Å². The number of carbonyl (C=O) groups is 1. The molecule has 0 N–H and O–H groups in total. The van der Waals surface area contributed by atoms with Crippen LogP contribution in [0.25, 0.3) is 10.2 Å². The van der Waals surface area contributed by atoms with Crippen molar-refractivity contribution in [1.82, 2.24) is 4.98 Å². The largest absolute Gasteiger partial charge is 0.283 e. The molecule has 28 heavy (non-hydrogen) atoms. The molecule has 0 atom stereocenters. The molecule has 0 radical (unpaired) electrons. The number of aromatic nitrogens is 1. The molecule has 140 valence electrons. The van der Waals surface area contributed by atoms with Gasteiger partial charge in [0.2, 0.25) is 5.91 Å². The van der Waals surface area contributed by atoms with Crippen LogP contribution in [-0.4, -0.2) is 10.9 Å². The minimum Gasteiger partial charge on any atom is -0.283 e. The van der Waals surface area contributed by atoms with Crippen LogP contribution >= 0.6 is 11.3 Å². The molecule has 3 aromatic carbocycles. The molecule has 4 heteroatoms. The topological polar surface area (TPSA) is 33.2 Å². The third-order valence-corrected chi connectivity index (χ3v) is 5.90. The lowest BCUT2D eigenvalue weighted by Crippen LogP contribution is -2.31. The predicted octanol–water partition coefficient (Wildman–Crippen LogP) is 5.69. The highest BCUT2D eigenvalue weighted by atomic mass is 32.1. The Morgan fingerprint density at radius 1 is 0.964 bits per heavy atom. The number of para-hydroxylation sites is 1. The van der Waals surface area contributed by atoms with Gasteiger partial charge in [-0.2, -0.15) is 0 Å². The molecule has 0 unspecified atom stereocenters. The van der Waals surface area contributed by atoms with E-state index in [-0.39, 0.29) is 5.91 Å². The summed E-state index contributed by atoms with van der Waals surface area (Å²) in [4.78, 5) is 19.9. The molecular formula is C24H22N2OS. The van der Waals surface area contributed by atoms with Crippen LogP contribution in [0, 0.1) is 13.8 Å². The van der Waals surface area contributed by atoms with Crippen molar-refractivity contribution in [3.05, 3.63) is 95.1 Å². The van der Waals surface area contributed by atoms with Gasteiger partial charge in [0.25, 0.3) is 0 Å². The number of rotatable bonds is 5. The number of nitrogens with zero attached hydrogens (tertiary/aromatic N) is 2. The van der Waals surface area contributed by atoms with Gasteiger partial charge in [0.05, 0.1) is 23.2 Å². The lowest BCUT2D eigenvalue weighted by molar-refractivity contribution is -0.118. The molecule has 0 aliphatic rings. The number of amides is 1. The number of hydrogen-bond donors (Lipinski definition) is 0. The zero-order valence-electron chi connectivity index (χ0n) is 16.1. The van der Waals surface area contributed by atoms with E-state index in [2.05, 4.69) is 32.0 Å². The van der Waals surface area contributed by atoms with E-state index in [0.29, 0.717) is 13.0 Å². The van der Waals surface area contributed by atoms with Crippen LogP contribution in [0.3, 0.4) is 0 Å². The van der Waals surface area contributed by atoms with Gasteiger partial charge in [-0.3, -0.25) is 9.69 Å². The second-order valence-corrected chi connectivity index (χ2v) is 8.05. The minimum absolute atomic E-state index is 0.0663. The maximum atomic E-state index is 13.4. The number of hydrogen-bond acceptors (Lipinski definition) is 3. The summed E-state index contributed by atoms with van der Waals surface area (Å²) in [5.41, 5.74) is 5.41. The van der Waals surface area contributed by atoms with E-state index < -0.39 is 0 Å². The molecule has 1 amide bonds. The molecule has 0 saturated carbocycles. The molecule has 0 bridgehead atoms. The Balaban J connectivity index is 1.69. The summed E-state index contributed by atoms with van der Waals surface area (Å²) in [7, 11) is 0. The molecule has 4 aromatic rings. The molecule has 0 fully saturated rings. The molecule has 4 rings (SSSR count). The Bertz CT molecular complexity index is 1080. The van der Waals surface area contributed by atoms with E-state index in [1.807, 2.05) is 59.5 Å². The van der Waals surface area contributed by atoms with Crippen LogP contribution in [-0.2, 0) is 17.8 Å². The second-order valence-electron chi connectivity index (χ2n) is 7.04. The van der Waals surface area contributed by atoms with Gasteiger partial charge in [-0.1, -0.05) is 77.6 Å². The molecule has 0 spiro atoms. The van der Waals surface area contributed by atoms with Crippen molar-refractivity contribution in [3.63, 3.8) is 0 Å². The fraction of sp³-hybridized carbons (Fsp3) is 0.167. The molecule has 1 heterocycles. The van der Waals surface area contributed by atoms with E-state index in [1.165, 1.54) is 5.56 Å². The van der Waals surface area contributed by atoms with Crippen molar-refractivity contribution in [2.45, 2.75) is 26.8 Å². The van der Waals surface area contributed by atoms with E-state index in [0.717, 1.165) is 32.0 Å². The zero-order chi connectivity index (χ0) is 19.5. The predicted molar refractivity (Wildman–Crippen MR) is 117 cm³/mol. The first kappa shape index (κ1) is 18.4. The van der Waals surface area contributed by atoms with Crippen LogP contribution in [0.1, 0.15) is 22.3 Å². The monoisotopic (exact) mass is 386 g/mol. The van der Waals surface area contributed by atoms with Crippen molar-refractivity contribution in [1.29, 1.82) is 0 Å². The normalized spacial score (nSPS) is 10.9. The minimum atomic E-state index is 0.0663. The summed E-state index contributed by atoms with van der Waals surface area (Å²) in [6, 6.07) is 24.4. The van der Waals surface area contributed by atoms with Crippen molar-refractivity contribution >= 4 is 32.6 Å². The average molecular weight is 387 g/mol. The fourth-order valence-corrected chi connectivity index (χ4v) is 4.24. The average Bonchev–Trinajstić information content (AvgIpc) is 3.13. The van der Waals surface area contributed by atoms with Gasteiger partial charge in [0.1, 0.15) is 0 Å². The van der Waals surface area contributed by atoms with Crippen LogP contribution in [0.2, 0.25) is 0 Å². The van der Waals surface area contributed by atoms with Gasteiger partial charge in [0.15, 0.2) is 5.13 Å². The standard InChI is InChI=1S/C24H22N2OS/c1-17-12-13-18(2)20(14-17)15-23(27)26(16-19-8-4-3-5-9-19)24-25-21-10-6-7-11-22(21)28-24/h3-14H,15-16H2,1-2H3. The number of benzene rings is 3. The lowest BCUT2D eigenvalue weighted by atomic mass is 10.0. The van der Waals surface area contributed by atoms with E-state index >= 15 is 0 Å². The van der Waals surface area contributed by atoms with Gasteiger partial charge in [-0.05, 0) is 42.7 Å². The first-order valence-electron chi connectivity index (χ1n) is 9.36. The summed E-state index contributed by atoms with van der Waals surface area (Å²) in [5.74, 6) is 0.0663. The number of thiazole rings is 1. The van der Waals surface area contributed by atoms with Crippen LogP contribution in [0.4, 0.5) is 5.13 Å². The summed E-state index contributed by atoms with van der Waals surface area (Å²) < 4.78 is 1.09. The first-order valence-corrected chi connectivity index (χ1v) is 10.2. The summed E-state index contributed by atoms with van der Waals surface area (Å²) in [6.07, 6.45) is 0.371. The van der Waals surface area contributed by atoms with Gasteiger partial charge >= 0.3 is 0 Å². The number of anilines is 1. The summed E-state index contributed by atoms with van der Waals surface area (Å²) in [6.45, 7) is 4.63.